The first-order valence-electron chi connectivity index (χ1n) is 9.76. The zero-order chi connectivity index (χ0) is 20.7. The zero-order valence-corrected chi connectivity index (χ0v) is 16.6. The van der Waals surface area contributed by atoms with Gasteiger partial charge in [-0.05, 0) is 19.9 Å². The van der Waals surface area contributed by atoms with E-state index in [9.17, 15) is 5.26 Å². The minimum Gasteiger partial charge on any atom is -0.382 e. The topological polar surface area (TPSA) is 133 Å². The lowest BCUT2D eigenvalue weighted by atomic mass is 10.0. The van der Waals surface area contributed by atoms with Crippen LogP contribution in [0.5, 0.6) is 0 Å². The van der Waals surface area contributed by atoms with Crippen LogP contribution in [0.1, 0.15) is 25.5 Å². The maximum Gasteiger partial charge on any atom is 0.155 e. The van der Waals surface area contributed by atoms with Gasteiger partial charge in [-0.15, -0.1) is 5.10 Å². The summed E-state index contributed by atoms with van der Waals surface area (Å²) in [6, 6.07) is 4.70. The van der Waals surface area contributed by atoms with Crippen LogP contribution >= 0.6 is 0 Å². The first-order chi connectivity index (χ1) is 14.6. The molecule has 0 spiro atoms. The Morgan fingerprint density at radius 3 is 2.80 bits per heavy atom. The van der Waals surface area contributed by atoms with E-state index in [0.717, 1.165) is 35.4 Å². The first kappa shape index (κ1) is 18.2. The molecule has 0 saturated carbocycles. The average molecular weight is 400 g/mol. The molecular formula is C20H20N10. The minimum absolute atomic E-state index is 0.201. The average Bonchev–Trinajstić information content (AvgIpc) is 3.35. The molecule has 10 heteroatoms. The van der Waals surface area contributed by atoms with Crippen molar-refractivity contribution in [1.29, 1.82) is 5.26 Å². The second-order valence-electron chi connectivity index (χ2n) is 7.60. The van der Waals surface area contributed by atoms with Crippen LogP contribution in [0.15, 0.2) is 30.9 Å². The Morgan fingerprint density at radius 2 is 2.07 bits per heavy atom. The van der Waals surface area contributed by atoms with Crippen LogP contribution in [-0.2, 0) is 0 Å². The highest BCUT2D eigenvalue weighted by Crippen LogP contribution is 2.34. The molecule has 3 N–H and O–H groups in total. The molecule has 0 aromatic carbocycles. The quantitative estimate of drug-likeness (QED) is 0.464. The largest absolute Gasteiger partial charge is 0.382 e. The van der Waals surface area contributed by atoms with Crippen molar-refractivity contribution in [1.82, 2.24) is 40.5 Å². The fourth-order valence-electron chi connectivity index (χ4n) is 3.53. The van der Waals surface area contributed by atoms with Crippen molar-refractivity contribution in [2.45, 2.75) is 25.9 Å². The van der Waals surface area contributed by atoms with Crippen molar-refractivity contribution in [2.75, 3.05) is 18.4 Å². The van der Waals surface area contributed by atoms with Crippen LogP contribution < -0.4 is 10.6 Å². The summed E-state index contributed by atoms with van der Waals surface area (Å²) in [5.41, 5.74) is 4.94. The van der Waals surface area contributed by atoms with Crippen LogP contribution in [0.25, 0.3) is 33.5 Å². The van der Waals surface area contributed by atoms with Gasteiger partial charge in [0.2, 0.25) is 0 Å². The highest BCUT2D eigenvalue weighted by atomic mass is 15.4. The van der Waals surface area contributed by atoms with Crippen LogP contribution in [0.3, 0.4) is 0 Å². The Kier molecular flexibility index (Phi) is 4.37. The molecular weight excluding hydrogens is 380 g/mol. The summed E-state index contributed by atoms with van der Waals surface area (Å²) in [4.78, 5) is 8.93. The lowest BCUT2D eigenvalue weighted by Crippen LogP contribution is -2.43. The van der Waals surface area contributed by atoms with Crippen molar-refractivity contribution >= 4 is 16.7 Å². The van der Waals surface area contributed by atoms with E-state index >= 15 is 0 Å². The Hall–Kier alpha value is -3.84. The minimum atomic E-state index is 0.201. The standard InChI is InChI=1S/C20H20N10/c1-11(2)26-16-3-17(19-12(4-21)5-24-20-15(19)9-25-28-20)23-8-14(16)18-10-30(29-27-18)13-6-22-7-13/h3,5,8-11,13,22H,6-7H2,1-2H3,(H,23,26)(H,24,25,28). The predicted molar refractivity (Wildman–Crippen MR) is 112 cm³/mol. The van der Waals surface area contributed by atoms with E-state index in [0.29, 0.717) is 28.5 Å². The predicted octanol–water partition coefficient (Wildman–Crippen LogP) is 2.11. The van der Waals surface area contributed by atoms with E-state index in [1.807, 2.05) is 16.9 Å². The summed E-state index contributed by atoms with van der Waals surface area (Å²) >= 11 is 0. The van der Waals surface area contributed by atoms with Gasteiger partial charge in [0, 0.05) is 53.7 Å². The van der Waals surface area contributed by atoms with Crippen molar-refractivity contribution in [3.63, 3.8) is 0 Å². The molecule has 1 aliphatic heterocycles. The molecule has 0 bridgehead atoms. The number of rotatable bonds is 5. The number of nitriles is 1. The number of hydrogen-bond donors (Lipinski definition) is 3. The summed E-state index contributed by atoms with van der Waals surface area (Å²) < 4.78 is 1.89. The molecule has 10 nitrogen and oxygen atoms in total. The third kappa shape index (κ3) is 3.05. The zero-order valence-electron chi connectivity index (χ0n) is 16.6. The van der Waals surface area contributed by atoms with Gasteiger partial charge in [0.05, 0.1) is 29.7 Å². The Balaban J connectivity index is 1.63. The van der Waals surface area contributed by atoms with E-state index < -0.39 is 0 Å². The summed E-state index contributed by atoms with van der Waals surface area (Å²) in [6.07, 6.45) is 6.94. The molecule has 150 valence electrons. The third-order valence-electron chi connectivity index (χ3n) is 5.13. The molecule has 0 atom stereocenters. The molecule has 0 unspecified atom stereocenters. The molecule has 5 heterocycles. The third-order valence-corrected chi connectivity index (χ3v) is 5.13. The van der Waals surface area contributed by atoms with Crippen molar-refractivity contribution in [3.8, 4) is 28.6 Å². The van der Waals surface area contributed by atoms with Gasteiger partial charge < -0.3 is 10.6 Å². The Morgan fingerprint density at radius 1 is 1.20 bits per heavy atom. The molecule has 4 aromatic rings. The summed E-state index contributed by atoms with van der Waals surface area (Å²) in [5, 5.41) is 32.7. The summed E-state index contributed by atoms with van der Waals surface area (Å²) in [6.45, 7) is 5.94. The molecule has 1 aliphatic rings. The van der Waals surface area contributed by atoms with Crippen LogP contribution in [0.2, 0.25) is 0 Å². The molecule has 0 radical (unpaired) electrons. The van der Waals surface area contributed by atoms with Crippen LogP contribution in [0, 0.1) is 11.3 Å². The number of anilines is 1. The maximum atomic E-state index is 9.62. The Labute approximate surface area is 172 Å². The fraction of sp³-hybridized carbons (Fsp3) is 0.300. The lowest BCUT2D eigenvalue weighted by Gasteiger charge is -2.26. The number of aromatic amines is 1. The summed E-state index contributed by atoms with van der Waals surface area (Å²) in [5.74, 6) is 0. The molecule has 0 aliphatic carbocycles. The van der Waals surface area contributed by atoms with Gasteiger partial charge in [-0.2, -0.15) is 10.4 Å². The van der Waals surface area contributed by atoms with Crippen molar-refractivity contribution < 1.29 is 0 Å². The van der Waals surface area contributed by atoms with Gasteiger partial charge in [-0.3, -0.25) is 10.1 Å². The SMILES string of the molecule is CC(C)Nc1cc(-c2c(C#N)cnc3[nH]ncc23)ncc1-c1cn(C2CNC2)nn1. The maximum absolute atomic E-state index is 9.62. The second-order valence-corrected chi connectivity index (χ2v) is 7.60. The molecule has 1 fully saturated rings. The van der Waals surface area contributed by atoms with E-state index in [1.54, 1.807) is 18.6 Å². The highest BCUT2D eigenvalue weighted by Gasteiger charge is 2.22. The first-order valence-corrected chi connectivity index (χ1v) is 9.76. The monoisotopic (exact) mass is 400 g/mol. The molecule has 30 heavy (non-hydrogen) atoms. The van der Waals surface area contributed by atoms with Crippen LogP contribution in [0.4, 0.5) is 5.69 Å². The van der Waals surface area contributed by atoms with Crippen LogP contribution in [-0.4, -0.2) is 54.3 Å². The van der Waals surface area contributed by atoms with Gasteiger partial charge >= 0.3 is 0 Å². The van der Waals surface area contributed by atoms with E-state index in [2.05, 4.69) is 61.0 Å². The smallest absolute Gasteiger partial charge is 0.155 e. The molecule has 5 rings (SSSR count). The van der Waals surface area contributed by atoms with Gasteiger partial charge in [0.1, 0.15) is 11.8 Å². The molecule has 1 saturated heterocycles. The number of H-pyrrole nitrogens is 1. The number of aromatic nitrogens is 7. The number of nitrogens with one attached hydrogen (secondary N) is 3. The number of nitrogens with zero attached hydrogens (tertiary/aromatic N) is 7. The van der Waals surface area contributed by atoms with Gasteiger partial charge in [-0.1, -0.05) is 5.21 Å². The van der Waals surface area contributed by atoms with E-state index in [4.69, 9.17) is 0 Å². The Bertz CT molecular complexity index is 1260. The van der Waals surface area contributed by atoms with Gasteiger partial charge in [-0.25, -0.2) is 9.67 Å². The fourth-order valence-corrected chi connectivity index (χ4v) is 3.53. The van der Waals surface area contributed by atoms with Gasteiger partial charge in [0.25, 0.3) is 0 Å². The van der Waals surface area contributed by atoms with Crippen molar-refractivity contribution in [2.24, 2.45) is 0 Å². The lowest BCUT2D eigenvalue weighted by molar-refractivity contribution is 0.313. The number of fused-ring (bicyclic) bond motifs is 1. The van der Waals surface area contributed by atoms with Gasteiger partial charge in [0.15, 0.2) is 5.65 Å². The normalized spacial score (nSPS) is 14.1. The summed E-state index contributed by atoms with van der Waals surface area (Å²) in [7, 11) is 0. The van der Waals surface area contributed by atoms with Crippen molar-refractivity contribution in [3.05, 3.63) is 36.4 Å². The molecule has 0 amide bonds. The molecule has 4 aromatic heterocycles. The number of pyridine rings is 2. The second kappa shape index (κ2) is 7.20. The highest BCUT2D eigenvalue weighted by molar-refractivity contribution is 5.95. The number of hydrogen-bond acceptors (Lipinski definition) is 8. The van der Waals surface area contributed by atoms with E-state index in [-0.39, 0.29) is 6.04 Å². The van der Waals surface area contributed by atoms with E-state index in [1.165, 1.54) is 0 Å².